The third-order valence-corrected chi connectivity index (χ3v) is 4.26. The van der Waals surface area contributed by atoms with E-state index < -0.39 is 29.9 Å². The van der Waals surface area contributed by atoms with Crippen molar-refractivity contribution in [1.29, 1.82) is 0 Å². The molecule has 0 bridgehead atoms. The van der Waals surface area contributed by atoms with Crippen molar-refractivity contribution < 1.29 is 28.2 Å². The maximum absolute atomic E-state index is 13.2. The minimum Gasteiger partial charge on any atom is -0.481 e. The molecule has 0 fully saturated rings. The summed E-state index contributed by atoms with van der Waals surface area (Å²) in [6.07, 6.45) is 0. The van der Waals surface area contributed by atoms with E-state index in [0.717, 1.165) is 22.9 Å². The van der Waals surface area contributed by atoms with Gasteiger partial charge >= 0.3 is 5.97 Å². The highest BCUT2D eigenvalue weighted by molar-refractivity contribution is 5.94. The van der Waals surface area contributed by atoms with E-state index in [-0.39, 0.29) is 29.6 Å². The van der Waals surface area contributed by atoms with Crippen LogP contribution in [0.3, 0.4) is 0 Å². The smallest absolute Gasteiger partial charge is 0.362 e. The van der Waals surface area contributed by atoms with Gasteiger partial charge in [0.15, 0.2) is 12.4 Å². The number of benzene rings is 2. The van der Waals surface area contributed by atoms with E-state index in [1.165, 1.54) is 19.1 Å². The van der Waals surface area contributed by atoms with Crippen LogP contribution in [0.2, 0.25) is 0 Å². The number of aromatic nitrogens is 2. The lowest BCUT2D eigenvalue weighted by Crippen LogP contribution is -2.27. The van der Waals surface area contributed by atoms with Crippen LogP contribution in [0.25, 0.3) is 5.69 Å². The molecule has 0 aliphatic heterocycles. The Labute approximate surface area is 193 Å². The summed E-state index contributed by atoms with van der Waals surface area (Å²) in [6, 6.07) is 12.4. The van der Waals surface area contributed by atoms with Crippen LogP contribution in [0.5, 0.6) is 5.75 Å². The molecule has 0 radical (unpaired) electrons. The van der Waals surface area contributed by atoms with Gasteiger partial charge in [0.2, 0.25) is 11.6 Å². The van der Waals surface area contributed by atoms with Crippen LogP contribution in [0.15, 0.2) is 59.4 Å². The zero-order chi connectivity index (χ0) is 24.7. The number of carbonyl (C=O) groups excluding carboxylic acids is 3. The van der Waals surface area contributed by atoms with Gasteiger partial charge < -0.3 is 20.1 Å². The number of nitrogens with one attached hydrogen (secondary N) is 2. The summed E-state index contributed by atoms with van der Waals surface area (Å²) in [6.45, 7) is 2.45. The summed E-state index contributed by atoms with van der Waals surface area (Å²) >= 11 is 0. The first-order chi connectivity index (χ1) is 16.3. The Hall–Kier alpha value is -4.54. The Kier molecular flexibility index (Phi) is 7.70. The second-order valence-electron chi connectivity index (χ2n) is 6.90. The van der Waals surface area contributed by atoms with Gasteiger partial charge in [-0.2, -0.15) is 9.78 Å². The standard InChI is InChI=1S/C23H21FN4O6/c1-3-33-23(32)22-19(12-21(31)28(27-22)18-9-7-15(24)8-10-18)34-13-20(30)26-17-6-4-5-16(11-17)25-14(2)29/h4-12H,3,13H2,1-2H3,(H,25,29)(H,26,30). The summed E-state index contributed by atoms with van der Waals surface area (Å²) in [7, 11) is 0. The zero-order valence-corrected chi connectivity index (χ0v) is 18.3. The van der Waals surface area contributed by atoms with E-state index in [2.05, 4.69) is 15.7 Å². The molecule has 0 spiro atoms. The molecule has 2 N–H and O–H groups in total. The Morgan fingerprint density at radius 1 is 1.03 bits per heavy atom. The van der Waals surface area contributed by atoms with Crippen LogP contribution in [-0.4, -0.2) is 40.8 Å². The monoisotopic (exact) mass is 468 g/mol. The molecule has 3 aromatic rings. The number of ether oxygens (including phenoxy) is 2. The minimum absolute atomic E-state index is 0.0424. The predicted molar refractivity (Wildman–Crippen MR) is 121 cm³/mol. The van der Waals surface area contributed by atoms with E-state index >= 15 is 0 Å². The van der Waals surface area contributed by atoms with Gasteiger partial charge in [-0.25, -0.2) is 9.18 Å². The highest BCUT2D eigenvalue weighted by atomic mass is 19.1. The van der Waals surface area contributed by atoms with E-state index in [0.29, 0.717) is 11.4 Å². The lowest BCUT2D eigenvalue weighted by molar-refractivity contribution is -0.118. The molecule has 0 aliphatic rings. The van der Waals surface area contributed by atoms with Crippen molar-refractivity contribution >= 4 is 29.2 Å². The third-order valence-electron chi connectivity index (χ3n) is 4.26. The molecule has 0 aliphatic carbocycles. The molecule has 0 unspecified atom stereocenters. The number of esters is 1. The highest BCUT2D eigenvalue weighted by Crippen LogP contribution is 2.18. The Morgan fingerprint density at radius 3 is 2.35 bits per heavy atom. The van der Waals surface area contributed by atoms with Crippen molar-refractivity contribution in [1.82, 2.24) is 9.78 Å². The molecular formula is C23H21FN4O6. The van der Waals surface area contributed by atoms with Crippen LogP contribution in [-0.2, 0) is 14.3 Å². The molecule has 2 amide bonds. The lowest BCUT2D eigenvalue weighted by atomic mass is 10.2. The van der Waals surface area contributed by atoms with Crippen molar-refractivity contribution in [3.05, 3.63) is 76.5 Å². The highest BCUT2D eigenvalue weighted by Gasteiger charge is 2.20. The fourth-order valence-electron chi connectivity index (χ4n) is 2.88. The van der Waals surface area contributed by atoms with Crippen molar-refractivity contribution in [2.24, 2.45) is 0 Å². The topological polar surface area (TPSA) is 129 Å². The van der Waals surface area contributed by atoms with Crippen LogP contribution < -0.4 is 20.9 Å². The summed E-state index contributed by atoms with van der Waals surface area (Å²) < 4.78 is 24.5. The number of nitrogens with zero attached hydrogens (tertiary/aromatic N) is 2. The van der Waals surface area contributed by atoms with Gasteiger partial charge in [-0.15, -0.1) is 0 Å². The van der Waals surface area contributed by atoms with Gasteiger partial charge in [0, 0.05) is 18.3 Å². The Bertz CT molecular complexity index is 1270. The fraction of sp³-hybridized carbons (Fsp3) is 0.174. The van der Waals surface area contributed by atoms with E-state index in [4.69, 9.17) is 9.47 Å². The quantitative estimate of drug-likeness (QED) is 0.486. The third kappa shape index (κ3) is 6.25. The molecule has 1 aromatic heterocycles. The van der Waals surface area contributed by atoms with Gasteiger partial charge in [-0.1, -0.05) is 6.07 Å². The lowest BCUT2D eigenvalue weighted by Gasteiger charge is -2.13. The number of hydrogen-bond donors (Lipinski definition) is 2. The number of carbonyl (C=O) groups is 3. The molecule has 3 rings (SSSR count). The average molecular weight is 468 g/mol. The van der Waals surface area contributed by atoms with Gasteiger partial charge in [-0.3, -0.25) is 14.4 Å². The summed E-state index contributed by atoms with van der Waals surface area (Å²) in [5.74, 6) is -2.46. The molecule has 176 valence electrons. The molecule has 0 saturated heterocycles. The second kappa shape index (κ2) is 10.9. The normalized spacial score (nSPS) is 10.3. The van der Waals surface area contributed by atoms with Crippen LogP contribution in [0.1, 0.15) is 24.3 Å². The number of rotatable bonds is 8. The Balaban J connectivity index is 1.80. The molecule has 2 aromatic carbocycles. The van der Waals surface area contributed by atoms with Crippen molar-refractivity contribution in [3.8, 4) is 11.4 Å². The summed E-state index contributed by atoms with van der Waals surface area (Å²) in [5, 5.41) is 9.19. The van der Waals surface area contributed by atoms with E-state index in [1.54, 1.807) is 31.2 Å². The fourth-order valence-corrected chi connectivity index (χ4v) is 2.88. The first kappa shape index (κ1) is 24.1. The Morgan fingerprint density at radius 2 is 1.71 bits per heavy atom. The number of amides is 2. The molecular weight excluding hydrogens is 447 g/mol. The number of anilines is 2. The first-order valence-electron chi connectivity index (χ1n) is 10.1. The molecule has 0 atom stereocenters. The number of halogens is 1. The number of hydrogen-bond acceptors (Lipinski definition) is 7. The predicted octanol–water partition coefficient (Wildman–Crippen LogP) is 2.52. The minimum atomic E-state index is -0.864. The zero-order valence-electron chi connectivity index (χ0n) is 18.3. The van der Waals surface area contributed by atoms with E-state index in [9.17, 15) is 23.6 Å². The van der Waals surface area contributed by atoms with Crippen LogP contribution in [0, 0.1) is 5.82 Å². The van der Waals surface area contributed by atoms with Crippen molar-refractivity contribution in [2.75, 3.05) is 23.8 Å². The van der Waals surface area contributed by atoms with E-state index in [1.807, 2.05) is 0 Å². The van der Waals surface area contributed by atoms with Gasteiger partial charge in [-0.05, 0) is 49.4 Å². The molecule has 0 saturated carbocycles. The first-order valence-corrected chi connectivity index (χ1v) is 10.1. The molecule has 34 heavy (non-hydrogen) atoms. The van der Waals surface area contributed by atoms with Crippen LogP contribution in [0.4, 0.5) is 15.8 Å². The SMILES string of the molecule is CCOC(=O)c1nn(-c2ccc(F)cc2)c(=O)cc1OCC(=O)Nc1cccc(NC(C)=O)c1. The maximum Gasteiger partial charge on any atom is 0.362 e. The second-order valence-corrected chi connectivity index (χ2v) is 6.90. The van der Waals surface area contributed by atoms with Gasteiger partial charge in [0.1, 0.15) is 5.82 Å². The molecule has 1 heterocycles. The molecule has 11 heteroatoms. The largest absolute Gasteiger partial charge is 0.481 e. The summed E-state index contributed by atoms with van der Waals surface area (Å²) in [4.78, 5) is 48.5. The summed E-state index contributed by atoms with van der Waals surface area (Å²) in [5.41, 5.74) is 0.115. The van der Waals surface area contributed by atoms with Crippen LogP contribution >= 0.6 is 0 Å². The van der Waals surface area contributed by atoms with Crippen molar-refractivity contribution in [3.63, 3.8) is 0 Å². The average Bonchev–Trinajstić information content (AvgIpc) is 2.78. The molecule has 10 nitrogen and oxygen atoms in total. The van der Waals surface area contributed by atoms with Gasteiger partial charge in [0.05, 0.1) is 18.4 Å². The van der Waals surface area contributed by atoms with Crippen molar-refractivity contribution in [2.45, 2.75) is 13.8 Å². The maximum atomic E-state index is 13.2. The van der Waals surface area contributed by atoms with Gasteiger partial charge in [0.25, 0.3) is 11.5 Å².